The molecule has 1 saturated carbocycles. The van der Waals surface area contributed by atoms with Crippen LogP contribution in [0.3, 0.4) is 0 Å². The molecule has 1 aromatic rings. The Hall–Kier alpha value is -0.570. The fourth-order valence-electron chi connectivity index (χ4n) is 2.45. The number of pyridine rings is 1. The van der Waals surface area contributed by atoms with Crippen LogP contribution in [0.1, 0.15) is 38.7 Å². The third-order valence-corrected chi connectivity index (χ3v) is 4.05. The van der Waals surface area contributed by atoms with Gasteiger partial charge in [-0.3, -0.25) is 0 Å². The van der Waals surface area contributed by atoms with E-state index in [1.165, 1.54) is 24.8 Å². The monoisotopic (exact) mass is 282 g/mol. The molecule has 1 fully saturated rings. The topological polar surface area (TPSA) is 24.9 Å². The zero-order valence-electron chi connectivity index (χ0n) is 10.2. The van der Waals surface area contributed by atoms with Crippen molar-refractivity contribution in [3.63, 3.8) is 0 Å². The number of nitrogens with zero attached hydrogens (tertiary/aromatic N) is 1. The van der Waals surface area contributed by atoms with Crippen LogP contribution in [0.2, 0.25) is 0 Å². The number of nitrogens with one attached hydrogen (secondary N) is 1. The number of hydrogen-bond acceptors (Lipinski definition) is 2. The van der Waals surface area contributed by atoms with Crippen molar-refractivity contribution in [2.75, 3.05) is 5.32 Å². The maximum absolute atomic E-state index is 4.45. The molecule has 3 heteroatoms. The van der Waals surface area contributed by atoms with Crippen LogP contribution in [-0.2, 0) is 0 Å². The Morgan fingerprint density at radius 3 is 2.81 bits per heavy atom. The number of rotatable bonds is 2. The first-order valence-electron chi connectivity index (χ1n) is 5.88. The summed E-state index contributed by atoms with van der Waals surface area (Å²) in [7, 11) is 0. The summed E-state index contributed by atoms with van der Waals surface area (Å²) < 4.78 is 1.04. The minimum Gasteiger partial charge on any atom is -0.367 e. The zero-order valence-corrected chi connectivity index (χ0v) is 11.8. The number of aromatic nitrogens is 1. The van der Waals surface area contributed by atoms with Crippen LogP contribution in [0.15, 0.2) is 16.7 Å². The second-order valence-electron chi connectivity index (χ2n) is 5.40. The largest absolute Gasteiger partial charge is 0.367 e. The fraction of sp³-hybridized carbons (Fsp3) is 0.615. The molecule has 0 radical (unpaired) electrons. The third-order valence-electron chi connectivity index (χ3n) is 3.61. The maximum Gasteiger partial charge on any atom is 0.129 e. The highest BCUT2D eigenvalue weighted by Gasteiger charge is 2.34. The smallest absolute Gasteiger partial charge is 0.129 e. The number of hydrogen-bond donors (Lipinski definition) is 1. The molecule has 2 nitrogen and oxygen atoms in total. The molecule has 0 amide bonds. The van der Waals surface area contributed by atoms with Crippen LogP contribution < -0.4 is 5.32 Å². The van der Waals surface area contributed by atoms with Crippen molar-refractivity contribution in [2.24, 2.45) is 5.41 Å². The van der Waals surface area contributed by atoms with Crippen LogP contribution in [0, 0.1) is 12.3 Å². The molecule has 1 unspecified atom stereocenters. The summed E-state index contributed by atoms with van der Waals surface area (Å²) in [4.78, 5) is 4.45. The minimum atomic E-state index is 0.390. The summed E-state index contributed by atoms with van der Waals surface area (Å²) in [5, 5.41) is 3.59. The quantitative estimate of drug-likeness (QED) is 0.882. The zero-order chi connectivity index (χ0) is 11.8. The Kier molecular flexibility index (Phi) is 3.24. The number of anilines is 1. The lowest BCUT2D eigenvalue weighted by Gasteiger charge is -2.28. The van der Waals surface area contributed by atoms with E-state index >= 15 is 0 Å². The molecule has 1 aromatic heterocycles. The molecule has 1 aliphatic carbocycles. The standard InChI is InChI=1S/C13H19BrN2/c1-9-7-10(14)8-15-12(9)16-11-5-4-6-13(11,2)3/h7-8,11H,4-6H2,1-3H3,(H,15,16). The van der Waals surface area contributed by atoms with Gasteiger partial charge in [0.25, 0.3) is 0 Å². The number of halogens is 1. The summed E-state index contributed by atoms with van der Waals surface area (Å²) in [6.45, 7) is 6.78. The second kappa shape index (κ2) is 4.36. The van der Waals surface area contributed by atoms with Gasteiger partial charge in [0.2, 0.25) is 0 Å². The van der Waals surface area contributed by atoms with E-state index < -0.39 is 0 Å². The molecule has 1 N–H and O–H groups in total. The van der Waals surface area contributed by atoms with Crippen LogP contribution >= 0.6 is 15.9 Å². The lowest BCUT2D eigenvalue weighted by molar-refractivity contribution is 0.349. The molecule has 0 aromatic carbocycles. The average molecular weight is 283 g/mol. The Morgan fingerprint density at radius 2 is 2.25 bits per heavy atom. The van der Waals surface area contributed by atoms with Crippen LogP contribution in [0.4, 0.5) is 5.82 Å². The average Bonchev–Trinajstić information content (AvgIpc) is 2.50. The third kappa shape index (κ3) is 2.40. The van der Waals surface area contributed by atoms with E-state index in [2.05, 4.69) is 53.1 Å². The number of aryl methyl sites for hydroxylation is 1. The first-order chi connectivity index (χ1) is 7.49. The highest BCUT2D eigenvalue weighted by molar-refractivity contribution is 9.10. The molecule has 16 heavy (non-hydrogen) atoms. The Balaban J connectivity index is 2.15. The molecule has 0 spiro atoms. The highest BCUT2D eigenvalue weighted by atomic mass is 79.9. The predicted octanol–water partition coefficient (Wildman–Crippen LogP) is 4.14. The predicted molar refractivity (Wildman–Crippen MR) is 71.7 cm³/mol. The van der Waals surface area contributed by atoms with Gasteiger partial charge in [0.1, 0.15) is 5.82 Å². The molecule has 0 aliphatic heterocycles. The molecule has 1 aliphatic rings. The van der Waals surface area contributed by atoms with E-state index in [1.54, 1.807) is 0 Å². The van der Waals surface area contributed by atoms with Gasteiger partial charge in [-0.2, -0.15) is 0 Å². The van der Waals surface area contributed by atoms with E-state index in [0.29, 0.717) is 11.5 Å². The molecular weight excluding hydrogens is 264 g/mol. The highest BCUT2D eigenvalue weighted by Crippen LogP contribution is 2.39. The van der Waals surface area contributed by atoms with Crippen molar-refractivity contribution in [1.82, 2.24) is 4.98 Å². The summed E-state index contributed by atoms with van der Waals surface area (Å²) in [5.41, 5.74) is 1.60. The summed E-state index contributed by atoms with van der Waals surface area (Å²) in [6, 6.07) is 2.66. The maximum atomic E-state index is 4.45. The molecular formula is C13H19BrN2. The SMILES string of the molecule is Cc1cc(Br)cnc1NC1CCCC1(C)C. The first kappa shape index (κ1) is 11.9. The van der Waals surface area contributed by atoms with Crippen molar-refractivity contribution >= 4 is 21.7 Å². The first-order valence-corrected chi connectivity index (χ1v) is 6.67. The van der Waals surface area contributed by atoms with Gasteiger partial charge in [0.15, 0.2) is 0 Å². The molecule has 0 saturated heterocycles. The lowest BCUT2D eigenvalue weighted by atomic mass is 9.87. The molecule has 2 rings (SSSR count). The van der Waals surface area contributed by atoms with E-state index in [9.17, 15) is 0 Å². The van der Waals surface area contributed by atoms with Crippen molar-refractivity contribution in [3.8, 4) is 0 Å². The summed E-state index contributed by atoms with van der Waals surface area (Å²) in [5.74, 6) is 1.03. The lowest BCUT2D eigenvalue weighted by Crippen LogP contribution is -2.31. The van der Waals surface area contributed by atoms with Gasteiger partial charge in [-0.15, -0.1) is 0 Å². The minimum absolute atomic E-state index is 0.390. The summed E-state index contributed by atoms with van der Waals surface area (Å²) >= 11 is 3.44. The Bertz CT molecular complexity index is 388. The van der Waals surface area contributed by atoms with Crippen LogP contribution in [0.25, 0.3) is 0 Å². The second-order valence-corrected chi connectivity index (χ2v) is 6.31. The van der Waals surface area contributed by atoms with Crippen LogP contribution in [0.5, 0.6) is 0 Å². The van der Waals surface area contributed by atoms with Crippen molar-refractivity contribution < 1.29 is 0 Å². The van der Waals surface area contributed by atoms with E-state index in [0.717, 1.165) is 10.3 Å². The van der Waals surface area contributed by atoms with Gasteiger partial charge in [-0.05, 0) is 52.7 Å². The molecule has 0 bridgehead atoms. The van der Waals surface area contributed by atoms with Gasteiger partial charge in [0.05, 0.1) is 0 Å². The Morgan fingerprint density at radius 1 is 1.50 bits per heavy atom. The molecule has 1 atom stereocenters. The van der Waals surface area contributed by atoms with Crippen molar-refractivity contribution in [1.29, 1.82) is 0 Å². The van der Waals surface area contributed by atoms with Gasteiger partial charge < -0.3 is 5.32 Å². The van der Waals surface area contributed by atoms with E-state index in [4.69, 9.17) is 0 Å². The van der Waals surface area contributed by atoms with Gasteiger partial charge in [-0.1, -0.05) is 20.3 Å². The molecule has 1 heterocycles. The van der Waals surface area contributed by atoms with Gasteiger partial charge in [0, 0.05) is 16.7 Å². The van der Waals surface area contributed by atoms with Gasteiger partial charge in [-0.25, -0.2) is 4.98 Å². The Labute approximate surface area is 106 Å². The van der Waals surface area contributed by atoms with E-state index in [-0.39, 0.29) is 0 Å². The normalized spacial score (nSPS) is 23.4. The van der Waals surface area contributed by atoms with Gasteiger partial charge >= 0.3 is 0 Å². The van der Waals surface area contributed by atoms with Crippen molar-refractivity contribution in [3.05, 3.63) is 22.3 Å². The summed E-state index contributed by atoms with van der Waals surface area (Å²) in [6.07, 6.45) is 5.74. The fourth-order valence-corrected chi connectivity index (χ4v) is 2.90. The molecule has 88 valence electrons. The van der Waals surface area contributed by atoms with E-state index in [1.807, 2.05) is 6.20 Å². The van der Waals surface area contributed by atoms with Crippen molar-refractivity contribution in [2.45, 2.75) is 46.1 Å². The van der Waals surface area contributed by atoms with Crippen LogP contribution in [-0.4, -0.2) is 11.0 Å².